The molecular weight excluding hydrogens is 190 g/mol. The molecule has 15 heavy (non-hydrogen) atoms. The van der Waals surface area contributed by atoms with Crippen molar-refractivity contribution >= 4 is 5.96 Å². The molecule has 2 aliphatic carbocycles. The van der Waals surface area contributed by atoms with E-state index >= 15 is 0 Å². The minimum Gasteiger partial charge on any atom is -0.378 e. The van der Waals surface area contributed by atoms with Crippen molar-refractivity contribution in [2.24, 2.45) is 22.6 Å². The van der Waals surface area contributed by atoms with Gasteiger partial charge >= 0.3 is 0 Å². The molecule has 0 spiro atoms. The van der Waals surface area contributed by atoms with Crippen LogP contribution in [0, 0.1) is 11.8 Å². The van der Waals surface area contributed by atoms with E-state index in [1.807, 2.05) is 0 Å². The zero-order valence-electron chi connectivity index (χ0n) is 9.06. The molecule has 2 saturated carbocycles. The lowest BCUT2D eigenvalue weighted by Crippen LogP contribution is -2.45. The Morgan fingerprint density at radius 1 is 1.27 bits per heavy atom. The standard InChI is InChI=1S/C11H19N3O/c12-11(14-3-5-15-6-4-14)13-10-7-9(10)8-1-2-8/h8-10H,1-7H2,(H2,12,13)/t9-,10+/m0/s1. The van der Waals surface area contributed by atoms with Crippen LogP contribution < -0.4 is 5.73 Å². The smallest absolute Gasteiger partial charge is 0.191 e. The van der Waals surface area contributed by atoms with Gasteiger partial charge in [-0.15, -0.1) is 0 Å². The zero-order valence-corrected chi connectivity index (χ0v) is 9.06. The molecule has 0 aromatic carbocycles. The van der Waals surface area contributed by atoms with Crippen LogP contribution in [0.4, 0.5) is 0 Å². The molecule has 4 nitrogen and oxygen atoms in total. The van der Waals surface area contributed by atoms with E-state index in [-0.39, 0.29) is 0 Å². The number of nitrogens with two attached hydrogens (primary N) is 1. The van der Waals surface area contributed by atoms with Crippen LogP contribution in [0.2, 0.25) is 0 Å². The lowest BCUT2D eigenvalue weighted by Gasteiger charge is -2.27. The number of morpholine rings is 1. The highest BCUT2D eigenvalue weighted by atomic mass is 16.5. The third kappa shape index (κ3) is 2.09. The summed E-state index contributed by atoms with van der Waals surface area (Å²) in [6.45, 7) is 3.37. The van der Waals surface area contributed by atoms with Gasteiger partial charge in [0.05, 0.1) is 19.3 Å². The Hall–Kier alpha value is -0.770. The number of hydrogen-bond acceptors (Lipinski definition) is 2. The molecule has 0 aromatic heterocycles. The van der Waals surface area contributed by atoms with Crippen LogP contribution >= 0.6 is 0 Å². The van der Waals surface area contributed by atoms with E-state index in [9.17, 15) is 0 Å². The summed E-state index contributed by atoms with van der Waals surface area (Å²) < 4.78 is 5.29. The summed E-state index contributed by atoms with van der Waals surface area (Å²) >= 11 is 0. The molecule has 1 aliphatic heterocycles. The summed E-state index contributed by atoms with van der Waals surface area (Å²) in [4.78, 5) is 6.76. The van der Waals surface area contributed by atoms with Crippen LogP contribution in [-0.4, -0.2) is 43.2 Å². The van der Waals surface area contributed by atoms with Crippen molar-refractivity contribution in [3.63, 3.8) is 0 Å². The van der Waals surface area contributed by atoms with Crippen LogP contribution in [0.1, 0.15) is 19.3 Å². The quantitative estimate of drug-likeness (QED) is 0.530. The fraction of sp³-hybridized carbons (Fsp3) is 0.909. The summed E-state index contributed by atoms with van der Waals surface area (Å²) in [6, 6.07) is 0.542. The molecule has 3 aliphatic rings. The van der Waals surface area contributed by atoms with Crippen molar-refractivity contribution < 1.29 is 4.74 Å². The van der Waals surface area contributed by atoms with E-state index in [2.05, 4.69) is 9.89 Å². The summed E-state index contributed by atoms with van der Waals surface area (Å²) in [7, 11) is 0. The highest BCUT2D eigenvalue weighted by Crippen LogP contribution is 2.51. The van der Waals surface area contributed by atoms with Crippen LogP contribution in [0.15, 0.2) is 4.99 Å². The normalized spacial score (nSPS) is 36.8. The fourth-order valence-electron chi connectivity index (χ4n) is 2.42. The van der Waals surface area contributed by atoms with Gasteiger partial charge in [0, 0.05) is 13.1 Å². The van der Waals surface area contributed by atoms with Gasteiger partial charge in [-0.05, 0) is 31.1 Å². The summed E-state index contributed by atoms with van der Waals surface area (Å²) in [5.41, 5.74) is 5.99. The molecule has 0 aromatic rings. The van der Waals surface area contributed by atoms with Crippen LogP contribution in [0.25, 0.3) is 0 Å². The van der Waals surface area contributed by atoms with Crippen LogP contribution in [0.5, 0.6) is 0 Å². The average Bonchev–Trinajstić information content (AvgIpc) is 3.12. The maximum Gasteiger partial charge on any atom is 0.191 e. The molecule has 1 saturated heterocycles. The lowest BCUT2D eigenvalue weighted by molar-refractivity contribution is 0.0674. The number of guanidine groups is 1. The average molecular weight is 209 g/mol. The SMILES string of the molecule is NC(=N[C@@H]1C[C@H]1C1CC1)N1CCOCC1. The third-order valence-electron chi connectivity index (χ3n) is 3.67. The van der Waals surface area contributed by atoms with Crippen molar-refractivity contribution in [1.29, 1.82) is 0 Å². The summed E-state index contributed by atoms with van der Waals surface area (Å²) in [5, 5.41) is 0. The molecule has 2 atom stereocenters. The Kier molecular flexibility index (Phi) is 2.31. The van der Waals surface area contributed by atoms with Crippen molar-refractivity contribution in [3.05, 3.63) is 0 Å². The summed E-state index contributed by atoms with van der Waals surface area (Å²) in [5.74, 6) is 2.59. The molecule has 0 bridgehead atoms. The van der Waals surface area contributed by atoms with Gasteiger partial charge in [-0.25, -0.2) is 4.99 Å². The minimum atomic E-state index is 0.542. The van der Waals surface area contributed by atoms with E-state index in [4.69, 9.17) is 10.5 Å². The lowest BCUT2D eigenvalue weighted by atomic mass is 10.3. The molecule has 0 amide bonds. The second-order valence-corrected chi connectivity index (χ2v) is 4.89. The van der Waals surface area contributed by atoms with Gasteiger partial charge in [0.2, 0.25) is 0 Å². The largest absolute Gasteiger partial charge is 0.378 e. The van der Waals surface area contributed by atoms with Gasteiger partial charge < -0.3 is 15.4 Å². The minimum absolute atomic E-state index is 0.542. The number of ether oxygens (including phenoxy) is 1. The molecule has 0 unspecified atom stereocenters. The molecule has 0 radical (unpaired) electrons. The van der Waals surface area contributed by atoms with Gasteiger partial charge in [0.1, 0.15) is 0 Å². The Morgan fingerprint density at radius 2 is 2.00 bits per heavy atom. The van der Waals surface area contributed by atoms with Gasteiger partial charge in [-0.3, -0.25) is 0 Å². The Bertz CT molecular complexity index is 269. The van der Waals surface area contributed by atoms with E-state index < -0.39 is 0 Å². The second-order valence-electron chi connectivity index (χ2n) is 4.89. The van der Waals surface area contributed by atoms with Gasteiger partial charge in [-0.1, -0.05) is 0 Å². The summed E-state index contributed by atoms with van der Waals surface area (Å²) in [6.07, 6.45) is 4.12. The number of rotatable bonds is 2. The molecule has 1 heterocycles. The zero-order chi connectivity index (χ0) is 10.3. The number of nitrogens with zero attached hydrogens (tertiary/aromatic N) is 2. The highest BCUT2D eigenvalue weighted by molar-refractivity contribution is 5.78. The first-order valence-electron chi connectivity index (χ1n) is 6.00. The van der Waals surface area contributed by atoms with E-state index in [0.717, 1.165) is 44.1 Å². The predicted octanol–water partition coefficient (Wildman–Crippen LogP) is 0.432. The van der Waals surface area contributed by atoms with Crippen LogP contribution in [-0.2, 0) is 4.74 Å². The fourth-order valence-corrected chi connectivity index (χ4v) is 2.42. The number of aliphatic imine (C=N–C) groups is 1. The van der Waals surface area contributed by atoms with Gasteiger partial charge in [0.15, 0.2) is 5.96 Å². The molecule has 2 N–H and O–H groups in total. The van der Waals surface area contributed by atoms with Crippen molar-refractivity contribution in [1.82, 2.24) is 4.90 Å². The molecule has 3 fully saturated rings. The molecule has 3 rings (SSSR count). The molecular formula is C11H19N3O. The molecule has 4 heteroatoms. The van der Waals surface area contributed by atoms with E-state index in [1.54, 1.807) is 0 Å². The second kappa shape index (κ2) is 3.67. The van der Waals surface area contributed by atoms with Gasteiger partial charge in [0.25, 0.3) is 0 Å². The third-order valence-corrected chi connectivity index (χ3v) is 3.67. The highest BCUT2D eigenvalue weighted by Gasteiger charge is 2.47. The Labute approximate surface area is 90.5 Å². The molecule has 84 valence electrons. The van der Waals surface area contributed by atoms with Crippen LogP contribution in [0.3, 0.4) is 0 Å². The van der Waals surface area contributed by atoms with Gasteiger partial charge in [-0.2, -0.15) is 0 Å². The maximum absolute atomic E-state index is 5.99. The Balaban J connectivity index is 1.54. The Morgan fingerprint density at radius 3 is 2.67 bits per heavy atom. The van der Waals surface area contributed by atoms with Crippen molar-refractivity contribution in [2.45, 2.75) is 25.3 Å². The monoisotopic (exact) mass is 209 g/mol. The van der Waals surface area contributed by atoms with E-state index in [1.165, 1.54) is 19.3 Å². The first kappa shape index (κ1) is 9.46. The first-order chi connectivity index (χ1) is 7.34. The van der Waals surface area contributed by atoms with E-state index in [0.29, 0.717) is 6.04 Å². The predicted molar refractivity (Wildman–Crippen MR) is 58.6 cm³/mol. The maximum atomic E-state index is 5.99. The topological polar surface area (TPSA) is 50.8 Å². The van der Waals surface area contributed by atoms with Crippen molar-refractivity contribution in [3.8, 4) is 0 Å². The van der Waals surface area contributed by atoms with Crippen molar-refractivity contribution in [2.75, 3.05) is 26.3 Å². The first-order valence-corrected chi connectivity index (χ1v) is 6.00. The number of hydrogen-bond donors (Lipinski definition) is 1.